The highest BCUT2D eigenvalue weighted by atomic mass is 35.6. The smallest absolute Gasteiger partial charge is 0.457 e. The fourth-order valence-electron chi connectivity index (χ4n) is 1.08. The van der Waals surface area contributed by atoms with Crippen LogP contribution in [0.3, 0.4) is 0 Å². The molecule has 0 unspecified atom stereocenters. The van der Waals surface area contributed by atoms with Crippen molar-refractivity contribution in [2.45, 2.75) is 16.1 Å². The van der Waals surface area contributed by atoms with Gasteiger partial charge in [0.25, 0.3) is 0 Å². The third kappa shape index (κ3) is 6.15. The summed E-state index contributed by atoms with van der Waals surface area (Å²) >= 11 is 15.6. The van der Waals surface area contributed by atoms with Crippen LogP contribution < -0.4 is 5.32 Å². The summed E-state index contributed by atoms with van der Waals surface area (Å²) in [6.07, 6.45) is -10.6. The normalized spacial score (nSPS) is 12.9. The fraction of sp³-hybridized carbons (Fsp3) is 0.444. The number of alkyl halides is 9. The number of amides is 1. The monoisotopic (exact) mass is 438 g/mol. The van der Waals surface area contributed by atoms with Crippen LogP contribution in [-0.4, -0.2) is 33.4 Å². The fourth-order valence-corrected chi connectivity index (χ4v) is 2.12. The van der Waals surface area contributed by atoms with Gasteiger partial charge in [0.15, 0.2) is 10.8 Å². The minimum atomic E-state index is -5.36. The Hall–Kier alpha value is -0.980. The topological polar surface area (TPSA) is 68.3 Å². The molecule has 0 aliphatic carbocycles. The molecule has 1 N–H and O–H groups in total. The summed E-state index contributed by atoms with van der Waals surface area (Å²) in [5.74, 6) is -4.20. The Morgan fingerprint density at radius 3 is 2.08 bits per heavy atom. The molecule has 1 amide bonds. The highest BCUT2D eigenvalue weighted by molar-refractivity contribution is 7.17. The SMILES string of the molecule is O=C(OCC(Cl)(Cl)Cl)c1sc(NC(=O)C(F)(F)F)nc1C(F)(F)F. The van der Waals surface area contributed by atoms with Crippen molar-refractivity contribution < 1.29 is 40.7 Å². The van der Waals surface area contributed by atoms with E-state index in [0.29, 0.717) is 0 Å². The Balaban J connectivity index is 3.10. The van der Waals surface area contributed by atoms with Crippen LogP contribution in [0.1, 0.15) is 15.4 Å². The number of halogens is 9. The molecule has 0 atom stereocenters. The van der Waals surface area contributed by atoms with Gasteiger partial charge in [-0.1, -0.05) is 46.1 Å². The van der Waals surface area contributed by atoms with E-state index < -0.39 is 50.3 Å². The Kier molecular flexibility index (Phi) is 6.23. The molecule has 0 fully saturated rings. The first-order valence-electron chi connectivity index (χ1n) is 5.31. The van der Waals surface area contributed by atoms with Crippen molar-refractivity contribution in [3.8, 4) is 0 Å². The lowest BCUT2D eigenvalue weighted by atomic mass is 10.3. The minimum absolute atomic E-state index is 0.177. The second-order valence-electron chi connectivity index (χ2n) is 3.84. The van der Waals surface area contributed by atoms with Crippen LogP contribution in [0.15, 0.2) is 0 Å². The van der Waals surface area contributed by atoms with Crippen LogP contribution in [0.25, 0.3) is 0 Å². The molecule has 0 bridgehead atoms. The highest BCUT2D eigenvalue weighted by Gasteiger charge is 2.43. The van der Waals surface area contributed by atoms with Gasteiger partial charge in [0.1, 0.15) is 11.5 Å². The molecule has 0 saturated carbocycles. The Morgan fingerprint density at radius 1 is 1.12 bits per heavy atom. The number of aromatic nitrogens is 1. The van der Waals surface area contributed by atoms with E-state index in [0.717, 1.165) is 5.32 Å². The van der Waals surface area contributed by atoms with Crippen molar-refractivity contribution in [2.24, 2.45) is 0 Å². The number of carbonyl (C=O) groups is 2. The van der Waals surface area contributed by atoms with Crippen molar-refractivity contribution in [3.05, 3.63) is 10.6 Å². The van der Waals surface area contributed by atoms with Gasteiger partial charge in [-0.05, 0) is 0 Å². The molecular weight excluding hydrogens is 437 g/mol. The molecule has 24 heavy (non-hydrogen) atoms. The Morgan fingerprint density at radius 2 is 1.67 bits per heavy atom. The van der Waals surface area contributed by atoms with Gasteiger partial charge in [-0.25, -0.2) is 9.78 Å². The van der Waals surface area contributed by atoms with E-state index in [9.17, 15) is 35.9 Å². The maximum Gasteiger partial charge on any atom is 0.471 e. The number of esters is 1. The maximum atomic E-state index is 12.8. The number of hydrogen-bond donors (Lipinski definition) is 1. The lowest BCUT2D eigenvalue weighted by Crippen LogP contribution is -2.29. The molecule has 0 spiro atoms. The van der Waals surface area contributed by atoms with Gasteiger partial charge in [-0.2, -0.15) is 26.3 Å². The highest BCUT2D eigenvalue weighted by Crippen LogP contribution is 2.37. The van der Waals surface area contributed by atoms with Gasteiger partial charge in [0.2, 0.25) is 3.79 Å². The van der Waals surface area contributed by atoms with Gasteiger partial charge in [-0.15, -0.1) is 0 Å². The number of hydrogen-bond acceptors (Lipinski definition) is 5. The van der Waals surface area contributed by atoms with E-state index in [-0.39, 0.29) is 11.3 Å². The molecule has 0 aromatic carbocycles. The van der Waals surface area contributed by atoms with Crippen LogP contribution in [0, 0.1) is 0 Å². The van der Waals surface area contributed by atoms with E-state index in [1.165, 1.54) is 0 Å². The van der Waals surface area contributed by atoms with E-state index >= 15 is 0 Å². The molecule has 0 saturated heterocycles. The zero-order valence-corrected chi connectivity index (χ0v) is 13.8. The summed E-state index contributed by atoms with van der Waals surface area (Å²) in [6, 6.07) is 0. The minimum Gasteiger partial charge on any atom is -0.457 e. The number of nitrogens with one attached hydrogen (secondary N) is 1. The number of rotatable bonds is 3. The molecule has 0 radical (unpaired) electrons. The van der Waals surface area contributed by atoms with Crippen LogP contribution in [0.4, 0.5) is 31.5 Å². The van der Waals surface area contributed by atoms with Crippen LogP contribution in [0.5, 0.6) is 0 Å². The van der Waals surface area contributed by atoms with E-state index in [1.807, 2.05) is 0 Å². The third-order valence-corrected chi connectivity index (χ3v) is 3.20. The first-order chi connectivity index (χ1) is 10.6. The van der Waals surface area contributed by atoms with Crippen molar-refractivity contribution in [2.75, 3.05) is 11.9 Å². The number of carbonyl (C=O) groups excluding carboxylic acids is 2. The van der Waals surface area contributed by atoms with Crippen molar-refractivity contribution >= 4 is 63.1 Å². The van der Waals surface area contributed by atoms with Gasteiger partial charge >= 0.3 is 24.2 Å². The quantitative estimate of drug-likeness (QED) is 0.436. The van der Waals surface area contributed by atoms with E-state index in [4.69, 9.17) is 34.8 Å². The van der Waals surface area contributed by atoms with Crippen molar-refractivity contribution in [1.29, 1.82) is 0 Å². The molecule has 1 aromatic heterocycles. The molecular formula is C9H3Cl3F6N2O3S. The molecule has 5 nitrogen and oxygen atoms in total. The van der Waals surface area contributed by atoms with Gasteiger partial charge in [0.05, 0.1) is 0 Å². The van der Waals surface area contributed by atoms with Gasteiger partial charge < -0.3 is 4.74 Å². The van der Waals surface area contributed by atoms with Gasteiger partial charge in [0, 0.05) is 0 Å². The molecule has 0 aliphatic heterocycles. The average Bonchev–Trinajstić information content (AvgIpc) is 2.77. The standard InChI is InChI=1S/C9H3Cl3F6N2O3S/c10-7(11,12)1-23-4(21)2-3(8(13,14)15)19-6(24-2)20-5(22)9(16,17)18/h1H2,(H,19,20,22). The Labute approximate surface area is 147 Å². The van der Waals surface area contributed by atoms with Crippen LogP contribution >= 0.6 is 46.1 Å². The lowest BCUT2D eigenvalue weighted by molar-refractivity contribution is -0.167. The number of thiazole rings is 1. The van der Waals surface area contributed by atoms with E-state index in [2.05, 4.69) is 9.72 Å². The molecule has 1 heterocycles. The first kappa shape index (κ1) is 21.1. The van der Waals surface area contributed by atoms with Crippen molar-refractivity contribution in [3.63, 3.8) is 0 Å². The first-order valence-corrected chi connectivity index (χ1v) is 7.26. The van der Waals surface area contributed by atoms with Crippen molar-refractivity contribution in [1.82, 2.24) is 4.98 Å². The summed E-state index contributed by atoms with van der Waals surface area (Å²) < 4.78 is 76.8. The maximum absolute atomic E-state index is 12.8. The molecule has 136 valence electrons. The summed E-state index contributed by atoms with van der Waals surface area (Å²) in [7, 11) is 0. The number of ether oxygens (including phenoxy) is 1. The lowest BCUT2D eigenvalue weighted by Gasteiger charge is -2.11. The zero-order valence-electron chi connectivity index (χ0n) is 10.7. The summed E-state index contributed by atoms with van der Waals surface area (Å²) in [5, 5.41) is -0.00655. The second-order valence-corrected chi connectivity index (χ2v) is 7.35. The summed E-state index contributed by atoms with van der Waals surface area (Å²) in [4.78, 5) is 23.9. The molecule has 0 aliphatic rings. The largest absolute Gasteiger partial charge is 0.471 e. The predicted octanol–water partition coefficient (Wildman–Crippen LogP) is 4.19. The predicted molar refractivity (Wildman–Crippen MR) is 72.4 cm³/mol. The summed E-state index contributed by atoms with van der Waals surface area (Å²) in [6.45, 7) is -0.921. The van der Waals surface area contributed by atoms with Crippen LogP contribution in [-0.2, 0) is 15.7 Å². The second kappa shape index (κ2) is 7.10. The molecule has 15 heteroatoms. The zero-order chi connectivity index (χ0) is 18.9. The molecule has 1 aromatic rings. The molecule has 1 rings (SSSR count). The van der Waals surface area contributed by atoms with E-state index in [1.54, 1.807) is 0 Å². The number of anilines is 1. The Bertz CT molecular complexity index is 640. The average molecular weight is 440 g/mol. The third-order valence-electron chi connectivity index (χ3n) is 1.93. The summed E-state index contributed by atoms with van der Waals surface area (Å²) in [5.41, 5.74) is -1.85. The van der Waals surface area contributed by atoms with Gasteiger partial charge in [-0.3, -0.25) is 10.1 Å². The number of nitrogens with zero attached hydrogens (tertiary/aromatic N) is 1. The van der Waals surface area contributed by atoms with Crippen LogP contribution in [0.2, 0.25) is 0 Å².